The maximum atomic E-state index is 13.1. The predicted octanol–water partition coefficient (Wildman–Crippen LogP) is 5.59. The summed E-state index contributed by atoms with van der Waals surface area (Å²) in [6.07, 6.45) is 7.82. The molecule has 0 amide bonds. The van der Waals surface area contributed by atoms with Gasteiger partial charge in [-0.05, 0) is 80.0 Å². The number of hydrogen-bond acceptors (Lipinski definition) is 7. The Bertz CT molecular complexity index is 1530. The molecule has 2 N–H and O–H groups in total. The fourth-order valence-electron chi connectivity index (χ4n) is 5.36. The summed E-state index contributed by atoms with van der Waals surface area (Å²) in [7, 11) is 1.91. The second-order valence-corrected chi connectivity index (χ2v) is 11.3. The number of pyridine rings is 3. The van der Waals surface area contributed by atoms with Gasteiger partial charge >= 0.3 is 5.97 Å². The molecule has 11 heteroatoms. The van der Waals surface area contributed by atoms with Crippen LogP contribution in [0.4, 0.5) is 20.4 Å². The number of nitrogens with zero attached hydrogens (tertiary/aromatic N) is 5. The molecule has 0 aromatic carbocycles. The first-order valence-electron chi connectivity index (χ1n) is 13.9. The van der Waals surface area contributed by atoms with E-state index in [0.29, 0.717) is 42.9 Å². The van der Waals surface area contributed by atoms with Crippen LogP contribution in [-0.2, 0) is 23.3 Å². The van der Waals surface area contributed by atoms with Crippen LogP contribution in [0.25, 0.3) is 11.3 Å². The number of anilines is 2. The van der Waals surface area contributed by atoms with Crippen molar-refractivity contribution in [2.45, 2.75) is 58.8 Å². The van der Waals surface area contributed by atoms with Crippen LogP contribution in [0.15, 0.2) is 67.5 Å². The molecule has 4 heterocycles. The summed E-state index contributed by atoms with van der Waals surface area (Å²) in [5.74, 6) is 0.355. The van der Waals surface area contributed by atoms with E-state index in [4.69, 9.17) is 4.74 Å². The lowest BCUT2D eigenvalue weighted by Crippen LogP contribution is -2.34. The molecule has 1 unspecified atom stereocenters. The first-order chi connectivity index (χ1) is 20.1. The van der Waals surface area contributed by atoms with E-state index in [2.05, 4.69) is 20.3 Å². The SMILES string of the molecule is Cc1cc(Nc2cc(C(F)F)ccn2)nc(-c2ccc(C(O)C3(C)CCC(C(=O)OCn4cc[n+](C)c4)CC3)nc2)c1. The Balaban J connectivity index is 1.21. The summed E-state index contributed by atoms with van der Waals surface area (Å²) in [4.78, 5) is 25.9. The van der Waals surface area contributed by atoms with E-state index in [1.807, 2.05) is 56.3 Å². The average Bonchev–Trinajstić information content (AvgIpc) is 3.40. The van der Waals surface area contributed by atoms with E-state index in [1.165, 1.54) is 18.3 Å². The van der Waals surface area contributed by atoms with Gasteiger partial charge in [0.05, 0.1) is 24.4 Å². The van der Waals surface area contributed by atoms with Gasteiger partial charge in [-0.3, -0.25) is 9.78 Å². The van der Waals surface area contributed by atoms with Gasteiger partial charge < -0.3 is 15.2 Å². The summed E-state index contributed by atoms with van der Waals surface area (Å²) >= 11 is 0. The topological polar surface area (TPSA) is 106 Å². The molecule has 5 rings (SSSR count). The second-order valence-electron chi connectivity index (χ2n) is 11.3. The third-order valence-electron chi connectivity index (χ3n) is 7.92. The molecule has 1 aliphatic rings. The highest BCUT2D eigenvalue weighted by molar-refractivity contribution is 5.72. The minimum absolute atomic E-state index is 0.122. The number of aliphatic hydroxyl groups excluding tert-OH is 1. The molecule has 0 spiro atoms. The van der Waals surface area contributed by atoms with Crippen LogP contribution in [0, 0.1) is 18.3 Å². The fourth-order valence-corrected chi connectivity index (χ4v) is 5.36. The number of ether oxygens (including phenoxy) is 1. The molecule has 0 bridgehead atoms. The number of carbonyl (C=O) groups excluding carboxylic acids is 1. The molecular weight excluding hydrogens is 542 g/mol. The van der Waals surface area contributed by atoms with Crippen LogP contribution in [0.5, 0.6) is 0 Å². The van der Waals surface area contributed by atoms with Gasteiger partial charge in [-0.25, -0.2) is 27.9 Å². The number of imidazole rings is 1. The van der Waals surface area contributed by atoms with Crippen LogP contribution in [0.2, 0.25) is 0 Å². The second kappa shape index (κ2) is 12.3. The van der Waals surface area contributed by atoms with Crippen molar-refractivity contribution in [3.05, 3.63) is 84.3 Å². The Morgan fingerprint density at radius 3 is 2.64 bits per heavy atom. The van der Waals surface area contributed by atoms with Gasteiger partial charge in [-0.1, -0.05) is 6.92 Å². The van der Waals surface area contributed by atoms with Crippen LogP contribution < -0.4 is 9.88 Å². The van der Waals surface area contributed by atoms with Crippen LogP contribution in [0.3, 0.4) is 0 Å². The van der Waals surface area contributed by atoms with Gasteiger partial charge in [-0.15, -0.1) is 0 Å². The number of nitrogens with one attached hydrogen (secondary N) is 1. The zero-order valence-corrected chi connectivity index (χ0v) is 23.9. The Labute approximate surface area is 243 Å². The van der Waals surface area contributed by atoms with Crippen molar-refractivity contribution in [1.29, 1.82) is 0 Å². The monoisotopic (exact) mass is 577 g/mol. The molecule has 4 aromatic rings. The highest BCUT2D eigenvalue weighted by Gasteiger charge is 2.40. The Morgan fingerprint density at radius 1 is 1.19 bits per heavy atom. The minimum atomic E-state index is -2.59. The molecule has 4 aromatic heterocycles. The number of hydrogen-bond donors (Lipinski definition) is 2. The smallest absolute Gasteiger partial charge is 0.312 e. The largest absolute Gasteiger partial charge is 0.424 e. The summed E-state index contributed by atoms with van der Waals surface area (Å²) in [5, 5.41) is 14.3. The minimum Gasteiger partial charge on any atom is -0.424 e. The molecule has 220 valence electrons. The molecule has 1 atom stereocenters. The van der Waals surface area contributed by atoms with Gasteiger partial charge in [0.2, 0.25) is 13.1 Å². The highest BCUT2D eigenvalue weighted by atomic mass is 19.3. The number of esters is 1. The van der Waals surface area contributed by atoms with Gasteiger partial charge in [0.15, 0.2) is 0 Å². The lowest BCUT2D eigenvalue weighted by molar-refractivity contribution is -0.671. The normalized spacial score (nSPS) is 19.5. The summed E-state index contributed by atoms with van der Waals surface area (Å²) in [5.41, 5.74) is 2.33. The molecule has 9 nitrogen and oxygen atoms in total. The van der Waals surface area contributed by atoms with E-state index < -0.39 is 17.9 Å². The number of aromatic nitrogens is 5. The number of carbonyl (C=O) groups is 1. The molecule has 0 radical (unpaired) electrons. The number of alkyl halides is 2. The molecule has 1 aliphatic carbocycles. The third-order valence-corrected chi connectivity index (χ3v) is 7.92. The first-order valence-corrected chi connectivity index (χ1v) is 13.9. The predicted molar refractivity (Wildman–Crippen MR) is 151 cm³/mol. The van der Waals surface area contributed by atoms with Crippen molar-refractivity contribution in [3.63, 3.8) is 0 Å². The third kappa shape index (κ3) is 6.79. The van der Waals surface area contributed by atoms with Crippen molar-refractivity contribution in [1.82, 2.24) is 19.5 Å². The van der Waals surface area contributed by atoms with E-state index >= 15 is 0 Å². The van der Waals surface area contributed by atoms with Crippen molar-refractivity contribution < 1.29 is 28.0 Å². The molecule has 0 saturated heterocycles. The van der Waals surface area contributed by atoms with E-state index in [9.17, 15) is 18.7 Å². The number of aryl methyl sites for hydroxylation is 2. The maximum Gasteiger partial charge on any atom is 0.312 e. The van der Waals surface area contributed by atoms with Crippen molar-refractivity contribution in [3.8, 4) is 11.3 Å². The molecular formula is C31H35F2N6O3+. The average molecular weight is 578 g/mol. The number of aliphatic hydroxyl groups is 1. The van der Waals surface area contributed by atoms with Crippen LogP contribution in [0.1, 0.15) is 62.0 Å². The summed E-state index contributed by atoms with van der Waals surface area (Å²) in [6.45, 7) is 4.13. The summed E-state index contributed by atoms with van der Waals surface area (Å²) < 4.78 is 35.4. The highest BCUT2D eigenvalue weighted by Crippen LogP contribution is 2.47. The number of halogens is 2. The van der Waals surface area contributed by atoms with Gasteiger partial charge in [-0.2, -0.15) is 0 Å². The lowest BCUT2D eigenvalue weighted by atomic mass is 9.68. The number of rotatable bonds is 9. The Kier molecular flexibility index (Phi) is 8.58. The molecule has 42 heavy (non-hydrogen) atoms. The summed E-state index contributed by atoms with van der Waals surface area (Å²) in [6, 6.07) is 9.94. The van der Waals surface area contributed by atoms with Gasteiger partial charge in [0, 0.05) is 23.5 Å². The van der Waals surface area contributed by atoms with Gasteiger partial charge in [0.1, 0.15) is 30.1 Å². The van der Waals surface area contributed by atoms with Crippen molar-refractivity contribution in [2.24, 2.45) is 18.4 Å². The first kappa shape index (κ1) is 29.2. The quantitative estimate of drug-likeness (QED) is 0.197. The van der Waals surface area contributed by atoms with E-state index in [-0.39, 0.29) is 30.0 Å². The van der Waals surface area contributed by atoms with Crippen LogP contribution >= 0.6 is 0 Å². The maximum absolute atomic E-state index is 13.1. The zero-order valence-electron chi connectivity index (χ0n) is 23.9. The Morgan fingerprint density at radius 2 is 1.98 bits per heavy atom. The molecule has 1 fully saturated rings. The van der Waals surface area contributed by atoms with E-state index in [0.717, 1.165) is 11.1 Å². The molecule has 1 saturated carbocycles. The molecule has 0 aliphatic heterocycles. The van der Waals surface area contributed by atoms with E-state index in [1.54, 1.807) is 22.9 Å². The van der Waals surface area contributed by atoms with Crippen molar-refractivity contribution >= 4 is 17.6 Å². The standard InChI is InChI=1S/C31H35F2N6O3/c1-20-14-25(36-27(15-20)37-26-16-22(29(32)33)8-11-34-26)23-4-5-24(35-17-23)28(40)31(2)9-6-21(7-10-31)30(41)42-19-39-13-12-38(3)18-39/h4-5,8,11-18,21,28-29,40H,6-7,9-10,19H2,1-3H3,(H,34,36,37)/q+1. The zero-order chi connectivity index (χ0) is 29.9. The fraction of sp³-hybridized carbons (Fsp3) is 0.387. The Hall–Kier alpha value is -4.25. The van der Waals surface area contributed by atoms with Gasteiger partial charge in [0.25, 0.3) is 6.43 Å². The van der Waals surface area contributed by atoms with Crippen LogP contribution in [-0.4, -0.2) is 30.6 Å². The lowest BCUT2D eigenvalue weighted by Gasteiger charge is -2.39. The van der Waals surface area contributed by atoms with Crippen molar-refractivity contribution in [2.75, 3.05) is 5.32 Å².